The number of methoxy groups -OCH3 is 2. The number of anilines is 3. The second-order valence-corrected chi connectivity index (χ2v) is 11.7. The van der Waals surface area contributed by atoms with Crippen LogP contribution >= 0.6 is 0 Å². The van der Waals surface area contributed by atoms with E-state index < -0.39 is 17.4 Å². The van der Waals surface area contributed by atoms with Crippen molar-refractivity contribution < 1.29 is 23.9 Å². The van der Waals surface area contributed by atoms with Crippen LogP contribution in [0.15, 0.2) is 103 Å². The molecule has 0 fully saturated rings. The average molecular weight is 632 g/mol. The van der Waals surface area contributed by atoms with Crippen LogP contribution in [-0.4, -0.2) is 59.9 Å². The number of amides is 3. The Hall–Kier alpha value is -5.48. The summed E-state index contributed by atoms with van der Waals surface area (Å²) in [5.74, 6) is -0.958. The van der Waals surface area contributed by atoms with Gasteiger partial charge in [-0.3, -0.25) is 24.0 Å². The lowest BCUT2D eigenvalue weighted by Gasteiger charge is -2.34. The van der Waals surface area contributed by atoms with Crippen LogP contribution in [0.4, 0.5) is 17.1 Å². The molecule has 3 amide bonds. The predicted octanol–water partition coefficient (Wildman–Crippen LogP) is 5.45. The van der Waals surface area contributed by atoms with Gasteiger partial charge >= 0.3 is 0 Å². The van der Waals surface area contributed by atoms with E-state index in [4.69, 9.17) is 14.6 Å². The van der Waals surface area contributed by atoms with Gasteiger partial charge < -0.3 is 19.7 Å². The monoisotopic (exact) mass is 631 g/mol. The third-order valence-electron chi connectivity index (χ3n) is 8.50. The highest BCUT2D eigenvalue weighted by Gasteiger charge is 2.52. The number of fused-ring (bicyclic) bond motifs is 2. The zero-order valence-corrected chi connectivity index (χ0v) is 26.8. The van der Waals surface area contributed by atoms with Crippen molar-refractivity contribution in [2.75, 3.05) is 35.9 Å². The first-order chi connectivity index (χ1) is 22.8. The van der Waals surface area contributed by atoms with Crippen molar-refractivity contribution in [2.45, 2.75) is 38.5 Å². The first-order valence-electron chi connectivity index (χ1n) is 15.5. The maximum atomic E-state index is 14.8. The van der Waals surface area contributed by atoms with Gasteiger partial charge in [0.1, 0.15) is 12.3 Å². The molecule has 0 radical (unpaired) electrons. The fourth-order valence-corrected chi connectivity index (χ4v) is 6.15. The molecule has 5 aromatic rings. The summed E-state index contributed by atoms with van der Waals surface area (Å²) in [5, 5.41) is 8.62. The number of para-hydroxylation sites is 3. The van der Waals surface area contributed by atoms with Gasteiger partial charge in [0, 0.05) is 30.6 Å². The van der Waals surface area contributed by atoms with Crippen LogP contribution in [0.1, 0.15) is 25.1 Å². The van der Waals surface area contributed by atoms with E-state index in [1.807, 2.05) is 73.1 Å². The SMILES string of the molecule is COc1ccc(N(C(=O)CN2C(=O)C(Cc3nn(Cc4ccccc4)c4ccccc34)(OC)C(=O)Nc3ccccc32)C(C)C)cc1. The minimum atomic E-state index is -2.02. The highest BCUT2D eigenvalue weighted by Crippen LogP contribution is 2.36. The summed E-state index contributed by atoms with van der Waals surface area (Å²) in [6.45, 7) is 3.98. The highest BCUT2D eigenvalue weighted by molar-refractivity contribution is 6.24. The molecule has 47 heavy (non-hydrogen) atoms. The Morgan fingerprint density at radius 3 is 2.28 bits per heavy atom. The van der Waals surface area contributed by atoms with E-state index in [1.54, 1.807) is 60.5 Å². The Morgan fingerprint density at radius 1 is 0.894 bits per heavy atom. The molecule has 0 saturated heterocycles. The molecule has 2 heterocycles. The van der Waals surface area contributed by atoms with Crippen LogP contribution in [0, 0.1) is 0 Å². The van der Waals surface area contributed by atoms with Gasteiger partial charge in [0.25, 0.3) is 11.8 Å². The van der Waals surface area contributed by atoms with Crippen molar-refractivity contribution in [3.8, 4) is 5.75 Å². The quantitative estimate of drug-likeness (QED) is 0.206. The van der Waals surface area contributed by atoms with Gasteiger partial charge in [-0.15, -0.1) is 0 Å². The second-order valence-electron chi connectivity index (χ2n) is 11.7. The molecule has 1 unspecified atom stereocenters. The predicted molar refractivity (Wildman–Crippen MR) is 182 cm³/mol. The topological polar surface area (TPSA) is 106 Å². The molecule has 1 atom stereocenters. The summed E-state index contributed by atoms with van der Waals surface area (Å²) in [7, 11) is 2.92. The van der Waals surface area contributed by atoms with E-state index >= 15 is 0 Å². The second kappa shape index (κ2) is 13.1. The summed E-state index contributed by atoms with van der Waals surface area (Å²) in [6.07, 6.45) is -0.151. The molecule has 240 valence electrons. The number of nitrogens with zero attached hydrogens (tertiary/aromatic N) is 4. The standard InChI is InChI=1S/C37H37N5O5/c1-25(2)42(27-18-20-28(46-3)21-19-27)34(43)24-40-33-17-11-9-15-30(33)38-35(44)37(47-4,36(40)45)22-31-29-14-8-10-16-32(29)41(39-31)23-26-12-6-5-7-13-26/h5-21,25H,22-24H2,1-4H3,(H,38,44). The van der Waals surface area contributed by atoms with Crippen LogP contribution in [-0.2, 0) is 32.1 Å². The lowest BCUT2D eigenvalue weighted by Crippen LogP contribution is -2.59. The van der Waals surface area contributed by atoms with E-state index in [0.29, 0.717) is 35.1 Å². The van der Waals surface area contributed by atoms with Gasteiger partial charge in [-0.1, -0.05) is 60.7 Å². The van der Waals surface area contributed by atoms with E-state index in [1.165, 1.54) is 12.0 Å². The number of nitrogens with one attached hydrogen (secondary N) is 1. The summed E-state index contributed by atoms with van der Waals surface area (Å²) in [5.41, 5.74) is 1.89. The van der Waals surface area contributed by atoms with E-state index in [9.17, 15) is 14.4 Å². The molecule has 1 N–H and O–H groups in total. The summed E-state index contributed by atoms with van der Waals surface area (Å²) in [6, 6.07) is 31.5. The van der Waals surface area contributed by atoms with Gasteiger partial charge in [-0.05, 0) is 61.9 Å². The first-order valence-corrected chi connectivity index (χ1v) is 15.5. The molecule has 10 nitrogen and oxygen atoms in total. The highest BCUT2D eigenvalue weighted by atomic mass is 16.5. The van der Waals surface area contributed by atoms with Crippen molar-refractivity contribution in [1.82, 2.24) is 9.78 Å². The number of hydrogen-bond acceptors (Lipinski definition) is 6. The molecule has 6 rings (SSSR count). The maximum Gasteiger partial charge on any atom is 0.270 e. The smallest absolute Gasteiger partial charge is 0.270 e. The summed E-state index contributed by atoms with van der Waals surface area (Å²) in [4.78, 5) is 46.0. The third kappa shape index (κ3) is 5.95. The average Bonchev–Trinajstić information content (AvgIpc) is 3.39. The zero-order valence-electron chi connectivity index (χ0n) is 26.8. The van der Waals surface area contributed by atoms with Crippen LogP contribution in [0.3, 0.4) is 0 Å². The summed E-state index contributed by atoms with van der Waals surface area (Å²) >= 11 is 0. The van der Waals surface area contributed by atoms with Crippen molar-refractivity contribution in [3.63, 3.8) is 0 Å². The number of carbonyl (C=O) groups excluding carboxylic acids is 3. The van der Waals surface area contributed by atoms with E-state index in [-0.39, 0.29) is 24.9 Å². The largest absolute Gasteiger partial charge is 0.497 e. The van der Waals surface area contributed by atoms with Crippen molar-refractivity contribution in [2.24, 2.45) is 0 Å². The molecule has 0 spiro atoms. The summed E-state index contributed by atoms with van der Waals surface area (Å²) < 4.78 is 13.1. The molecule has 4 aromatic carbocycles. The fraction of sp³-hybridized carbons (Fsp3) is 0.243. The van der Waals surface area contributed by atoms with Crippen molar-refractivity contribution in [1.29, 1.82) is 0 Å². The lowest BCUT2D eigenvalue weighted by molar-refractivity contribution is -0.152. The van der Waals surface area contributed by atoms with Gasteiger partial charge in [-0.2, -0.15) is 5.10 Å². The third-order valence-corrected chi connectivity index (χ3v) is 8.50. The molecule has 1 aliphatic rings. The Kier molecular flexibility index (Phi) is 8.78. The van der Waals surface area contributed by atoms with Crippen LogP contribution in [0.2, 0.25) is 0 Å². The number of rotatable bonds is 10. The Balaban J connectivity index is 1.40. The molecular weight excluding hydrogens is 594 g/mol. The van der Waals surface area contributed by atoms with Crippen LogP contribution in [0.25, 0.3) is 10.9 Å². The number of hydrogen-bond donors (Lipinski definition) is 1. The molecule has 1 aliphatic heterocycles. The molecule has 1 aromatic heterocycles. The first kappa shape index (κ1) is 31.5. The zero-order chi connectivity index (χ0) is 33.1. The number of benzene rings is 4. The number of ether oxygens (including phenoxy) is 2. The molecule has 0 aliphatic carbocycles. The number of carbonyl (C=O) groups is 3. The van der Waals surface area contributed by atoms with Gasteiger partial charge in [0.15, 0.2) is 0 Å². The fourth-order valence-electron chi connectivity index (χ4n) is 6.15. The van der Waals surface area contributed by atoms with Crippen LogP contribution < -0.4 is 19.9 Å². The minimum absolute atomic E-state index is 0.151. The van der Waals surface area contributed by atoms with Crippen molar-refractivity contribution in [3.05, 3.63) is 114 Å². The van der Waals surface area contributed by atoms with E-state index in [0.717, 1.165) is 16.5 Å². The van der Waals surface area contributed by atoms with Gasteiger partial charge in [0.2, 0.25) is 11.5 Å². The van der Waals surface area contributed by atoms with Crippen LogP contribution in [0.5, 0.6) is 5.75 Å². The normalized spacial score (nSPS) is 16.1. The Morgan fingerprint density at radius 2 is 1.57 bits per heavy atom. The lowest BCUT2D eigenvalue weighted by atomic mass is 9.93. The van der Waals surface area contributed by atoms with E-state index in [2.05, 4.69) is 5.32 Å². The minimum Gasteiger partial charge on any atom is -0.497 e. The molecular formula is C37H37N5O5. The molecule has 0 bridgehead atoms. The Labute approximate surface area is 273 Å². The van der Waals surface area contributed by atoms with Gasteiger partial charge in [-0.25, -0.2) is 0 Å². The number of aromatic nitrogens is 2. The maximum absolute atomic E-state index is 14.8. The van der Waals surface area contributed by atoms with Crippen molar-refractivity contribution >= 4 is 45.7 Å². The Bertz CT molecular complexity index is 1920. The molecule has 10 heteroatoms. The van der Waals surface area contributed by atoms with Gasteiger partial charge in [0.05, 0.1) is 36.2 Å². The molecule has 0 saturated carbocycles.